The smallest absolute Gasteiger partial charge is 0.253 e. The van der Waals surface area contributed by atoms with Gasteiger partial charge in [-0.25, -0.2) is 4.52 Å². The summed E-state index contributed by atoms with van der Waals surface area (Å²) in [5.74, 6) is 0.544. The maximum absolute atomic E-state index is 12.1. The molecule has 4 heterocycles. The molecule has 20 heavy (non-hydrogen) atoms. The molecular weight excluding hydrogens is 254 g/mol. The molecule has 0 aromatic carbocycles. The van der Waals surface area contributed by atoms with Gasteiger partial charge in [0.05, 0.1) is 31.1 Å². The van der Waals surface area contributed by atoms with Gasteiger partial charge in [-0.05, 0) is 18.6 Å². The molecule has 0 bridgehead atoms. The van der Waals surface area contributed by atoms with Crippen molar-refractivity contribution in [1.29, 1.82) is 0 Å². The van der Waals surface area contributed by atoms with Gasteiger partial charge in [-0.1, -0.05) is 12.6 Å². The Hall–Kier alpha value is -2.50. The normalized spacial score (nSPS) is 26.2. The third-order valence-electron chi connectivity index (χ3n) is 4.04. The lowest BCUT2D eigenvalue weighted by atomic mass is 9.99. The summed E-state index contributed by atoms with van der Waals surface area (Å²) in [5.41, 5.74) is 1.24. The Morgan fingerprint density at radius 1 is 1.55 bits per heavy atom. The third kappa shape index (κ3) is 1.44. The highest BCUT2D eigenvalue weighted by molar-refractivity contribution is 5.92. The fraction of sp³-hybridized carbons (Fsp3) is 0.286. The second kappa shape index (κ2) is 3.75. The number of rotatable bonds is 1. The van der Waals surface area contributed by atoms with Gasteiger partial charge in [0.25, 0.3) is 5.91 Å². The molecule has 2 fully saturated rings. The molecule has 6 heteroatoms. The quantitative estimate of drug-likeness (QED) is 0.791. The van der Waals surface area contributed by atoms with Crippen LogP contribution in [0, 0.1) is 0 Å². The average Bonchev–Trinajstić information content (AvgIpc) is 3.09. The fourth-order valence-electron chi connectivity index (χ4n) is 3.04. The Labute approximate surface area is 117 Å². The van der Waals surface area contributed by atoms with E-state index in [-0.39, 0.29) is 5.91 Å². The molecule has 1 spiro atoms. The molecule has 1 atom stereocenters. The number of anilines is 1. The van der Waals surface area contributed by atoms with Crippen molar-refractivity contribution in [3.63, 3.8) is 0 Å². The van der Waals surface area contributed by atoms with Crippen LogP contribution in [0.25, 0.3) is 5.52 Å². The molecule has 2 saturated heterocycles. The van der Waals surface area contributed by atoms with E-state index in [4.69, 9.17) is 1.37 Å². The van der Waals surface area contributed by atoms with Crippen LogP contribution in [0.15, 0.2) is 43.0 Å². The van der Waals surface area contributed by atoms with Crippen LogP contribution in [0.4, 0.5) is 5.69 Å². The molecule has 1 amide bonds. The highest BCUT2D eigenvalue weighted by Crippen LogP contribution is 2.32. The van der Waals surface area contributed by atoms with Crippen molar-refractivity contribution in [2.45, 2.75) is 12.0 Å². The maximum Gasteiger partial charge on any atom is 0.253 e. The van der Waals surface area contributed by atoms with Crippen molar-refractivity contribution >= 4 is 17.1 Å². The topological polar surface area (TPSA) is 61.7 Å². The van der Waals surface area contributed by atoms with Gasteiger partial charge < -0.3 is 15.5 Å². The van der Waals surface area contributed by atoms with Crippen LogP contribution >= 0.6 is 0 Å². The van der Waals surface area contributed by atoms with Gasteiger partial charge in [-0.15, -0.1) is 0 Å². The Morgan fingerprint density at radius 2 is 2.45 bits per heavy atom. The number of amides is 1. The first kappa shape index (κ1) is 10.3. The Bertz CT molecular complexity index is 770. The Kier molecular flexibility index (Phi) is 1.93. The Morgan fingerprint density at radius 3 is 3.25 bits per heavy atom. The van der Waals surface area contributed by atoms with E-state index in [2.05, 4.69) is 27.2 Å². The molecule has 102 valence electrons. The molecule has 2 aliphatic heterocycles. The maximum atomic E-state index is 12.1. The number of hydrogen-bond donors (Lipinski definition) is 2. The Balaban J connectivity index is 1.70. The van der Waals surface area contributed by atoms with Crippen LogP contribution in [0.5, 0.6) is 0 Å². The van der Waals surface area contributed by atoms with Crippen LogP contribution < -0.4 is 15.5 Å². The number of nitrogens with one attached hydrogen (secondary N) is 2. The van der Waals surface area contributed by atoms with Crippen LogP contribution in [0.2, 0.25) is 0 Å². The fourth-order valence-corrected chi connectivity index (χ4v) is 3.04. The van der Waals surface area contributed by atoms with Gasteiger partial charge in [-0.3, -0.25) is 4.79 Å². The monoisotopic (exact) mass is 271 g/mol. The third-order valence-corrected chi connectivity index (χ3v) is 4.04. The summed E-state index contributed by atoms with van der Waals surface area (Å²) in [5, 5.41) is 10.2. The lowest BCUT2D eigenvalue weighted by molar-refractivity contribution is -0.123. The number of carbonyl (C=O) groups is 1. The van der Waals surface area contributed by atoms with Crippen molar-refractivity contribution in [2.75, 3.05) is 18.0 Å². The van der Waals surface area contributed by atoms with E-state index in [1.54, 1.807) is 29.0 Å². The van der Waals surface area contributed by atoms with E-state index in [9.17, 15) is 4.79 Å². The summed E-state index contributed by atoms with van der Waals surface area (Å²) in [6.45, 7) is 5.10. The largest absolute Gasteiger partial charge is 0.365 e. The van der Waals surface area contributed by atoms with E-state index in [0.29, 0.717) is 18.4 Å². The summed E-state index contributed by atoms with van der Waals surface area (Å²) < 4.78 is 9.50. The van der Waals surface area contributed by atoms with Crippen molar-refractivity contribution in [3.8, 4) is 0 Å². The van der Waals surface area contributed by atoms with Crippen molar-refractivity contribution in [2.24, 2.45) is 0 Å². The molecule has 4 rings (SSSR count). The number of aromatic nitrogens is 2. The van der Waals surface area contributed by atoms with Crippen molar-refractivity contribution < 1.29 is 6.17 Å². The molecule has 2 aliphatic rings. The minimum atomic E-state index is -0.593. The molecule has 0 saturated carbocycles. The standard InChI is InChI=1S/C14H15N5O/c1-10-16-13(20)14(17-10)5-7-18(9-14)12-8-15-19-6-3-2-4-11(12)19/h2-4,6,8,17H,1,5,7,9H2,(H,16,20)/i2T. The number of carbonyl (C=O) groups excluding carboxylic acids is 1. The van der Waals surface area contributed by atoms with Crippen LogP contribution in [0.1, 0.15) is 7.79 Å². The molecule has 2 N–H and O–H groups in total. The summed E-state index contributed by atoms with van der Waals surface area (Å²) in [4.78, 5) is 14.3. The highest BCUT2D eigenvalue weighted by Gasteiger charge is 2.49. The van der Waals surface area contributed by atoms with Crippen molar-refractivity contribution in [3.05, 3.63) is 43.0 Å². The van der Waals surface area contributed by atoms with Crippen LogP contribution in [0.3, 0.4) is 0 Å². The highest BCUT2D eigenvalue weighted by atomic mass is 16.2. The summed E-state index contributed by atoms with van der Waals surface area (Å²) >= 11 is 0. The van der Waals surface area contributed by atoms with E-state index >= 15 is 0 Å². The number of pyridine rings is 1. The van der Waals surface area contributed by atoms with Gasteiger partial charge >= 0.3 is 0 Å². The lowest BCUT2D eigenvalue weighted by Crippen LogP contribution is -2.48. The zero-order valence-electron chi connectivity index (χ0n) is 11.9. The second-order valence-electron chi connectivity index (χ2n) is 5.30. The van der Waals surface area contributed by atoms with Gasteiger partial charge in [0.1, 0.15) is 5.54 Å². The molecule has 2 aromatic rings. The molecule has 2 aromatic heterocycles. The zero-order valence-corrected chi connectivity index (χ0v) is 10.9. The number of hydrogen-bond acceptors (Lipinski definition) is 4. The predicted molar refractivity (Wildman–Crippen MR) is 75.2 cm³/mol. The predicted octanol–water partition coefficient (Wildman–Crippen LogP) is 0.474. The number of fused-ring (bicyclic) bond motifs is 1. The summed E-state index contributed by atoms with van der Waals surface area (Å²) in [6.07, 6.45) is 4.28. The summed E-state index contributed by atoms with van der Waals surface area (Å²) in [6, 6.07) is 3.93. The number of nitrogens with zero attached hydrogens (tertiary/aromatic N) is 3. The van der Waals surface area contributed by atoms with E-state index in [1.807, 2.05) is 0 Å². The SMILES string of the molecule is [3H]c1ccn2ncc(N3CCC4(C3)NC(=C)NC4=O)c2c1. The zero-order chi connectivity index (χ0) is 14.6. The minimum Gasteiger partial charge on any atom is -0.365 e. The first-order valence-electron chi connectivity index (χ1n) is 7.05. The average molecular weight is 271 g/mol. The van der Waals surface area contributed by atoms with Gasteiger partial charge in [0.15, 0.2) is 0 Å². The van der Waals surface area contributed by atoms with E-state index in [1.165, 1.54) is 0 Å². The second-order valence-corrected chi connectivity index (χ2v) is 5.30. The van der Waals surface area contributed by atoms with Crippen LogP contribution in [-0.2, 0) is 4.79 Å². The molecule has 1 unspecified atom stereocenters. The van der Waals surface area contributed by atoms with E-state index in [0.717, 1.165) is 24.2 Å². The summed E-state index contributed by atoms with van der Waals surface area (Å²) in [7, 11) is 0. The van der Waals surface area contributed by atoms with Crippen LogP contribution in [-0.4, -0.2) is 34.1 Å². The molecule has 0 radical (unpaired) electrons. The molecular formula is C14H15N5O. The molecule has 6 nitrogen and oxygen atoms in total. The first-order valence-corrected chi connectivity index (χ1v) is 6.55. The minimum absolute atomic E-state index is 0.0207. The van der Waals surface area contributed by atoms with Gasteiger partial charge in [0.2, 0.25) is 0 Å². The molecule has 0 aliphatic carbocycles. The lowest BCUT2D eigenvalue weighted by Gasteiger charge is -2.22. The van der Waals surface area contributed by atoms with E-state index < -0.39 is 5.54 Å². The van der Waals surface area contributed by atoms with Crippen molar-refractivity contribution in [1.82, 2.24) is 20.2 Å². The van der Waals surface area contributed by atoms with Gasteiger partial charge in [0, 0.05) is 12.7 Å². The van der Waals surface area contributed by atoms with Gasteiger partial charge in [-0.2, -0.15) is 5.10 Å². The first-order chi connectivity index (χ1) is 10.1.